The fourth-order valence-electron chi connectivity index (χ4n) is 14.2. The number of rotatable bonds is 7. The van der Waals surface area contributed by atoms with Crippen LogP contribution in [0.4, 0.5) is 0 Å². The fourth-order valence-corrected chi connectivity index (χ4v) is 14.2. The first kappa shape index (κ1) is 45.3. The van der Waals surface area contributed by atoms with Gasteiger partial charge < -0.3 is 74.0 Å². The monoisotopic (exact) mass is 867 g/mol. The molecule has 0 aromatic rings. The molecule has 5 saturated heterocycles. The molecule has 1 spiro atoms. The second-order valence-electron chi connectivity index (χ2n) is 21.2. The van der Waals surface area contributed by atoms with Gasteiger partial charge >= 0.3 is 0 Å². The third kappa shape index (κ3) is 7.42. The van der Waals surface area contributed by atoms with E-state index in [9.17, 15) is 40.9 Å². The third-order valence-corrected chi connectivity index (χ3v) is 17.9. The Kier molecular flexibility index (Phi) is 12.4. The molecule has 0 aromatic carbocycles. The molecule has 26 atom stereocenters. The number of hydrogen-bond acceptors (Lipinski definition) is 16. The van der Waals surface area contributed by atoms with Gasteiger partial charge in [-0.25, -0.2) is 0 Å². The predicted molar refractivity (Wildman–Crippen MR) is 215 cm³/mol. The Balaban J connectivity index is 0.916. The summed E-state index contributed by atoms with van der Waals surface area (Å²) in [6.07, 6.45) is -9.93. The minimum absolute atomic E-state index is 0.00472. The van der Waals surface area contributed by atoms with Crippen molar-refractivity contribution >= 4 is 0 Å². The maximum absolute atomic E-state index is 12.0. The smallest absolute Gasteiger partial charge is 0.187 e. The van der Waals surface area contributed by atoms with E-state index in [1.165, 1.54) is 38.7 Å². The van der Waals surface area contributed by atoms with Crippen molar-refractivity contribution in [3.8, 4) is 0 Å². The van der Waals surface area contributed by atoms with Crippen LogP contribution in [0.15, 0.2) is 11.6 Å². The van der Waals surface area contributed by atoms with E-state index in [2.05, 4.69) is 39.1 Å². The van der Waals surface area contributed by atoms with Gasteiger partial charge in [0.1, 0.15) is 66.8 Å². The largest absolute Gasteiger partial charge is 0.394 e. The minimum atomic E-state index is -1.70. The van der Waals surface area contributed by atoms with Crippen LogP contribution < -0.4 is 5.32 Å². The van der Waals surface area contributed by atoms with Crippen molar-refractivity contribution < 1.29 is 74.0 Å². The molecule has 9 aliphatic rings. The zero-order valence-corrected chi connectivity index (χ0v) is 36.6. The van der Waals surface area contributed by atoms with Crippen LogP contribution in [0.2, 0.25) is 0 Å². The molecule has 9 rings (SSSR count). The molecule has 348 valence electrons. The summed E-state index contributed by atoms with van der Waals surface area (Å²) in [5, 5.41) is 89.8. The minimum Gasteiger partial charge on any atom is -0.394 e. The summed E-state index contributed by atoms with van der Waals surface area (Å²) in [5.74, 6) is 3.43. The van der Waals surface area contributed by atoms with E-state index >= 15 is 0 Å². The molecule has 16 nitrogen and oxygen atoms in total. The highest BCUT2D eigenvalue weighted by atomic mass is 16.8. The third-order valence-electron chi connectivity index (χ3n) is 17.9. The first-order chi connectivity index (χ1) is 28.9. The molecule has 16 heteroatoms. The number of aliphatic hydroxyl groups excluding tert-OH is 8. The molecule has 0 bridgehead atoms. The lowest BCUT2D eigenvalue weighted by atomic mass is 9.47. The molecule has 0 unspecified atom stereocenters. The van der Waals surface area contributed by atoms with Crippen LogP contribution >= 0.6 is 0 Å². The maximum Gasteiger partial charge on any atom is 0.187 e. The summed E-state index contributed by atoms with van der Waals surface area (Å²) in [6, 6.07) is 0. The van der Waals surface area contributed by atoms with Gasteiger partial charge in [0.25, 0.3) is 0 Å². The molecule has 5 aliphatic heterocycles. The van der Waals surface area contributed by atoms with E-state index in [1.807, 2.05) is 0 Å². The number of fused-ring (bicyclic) bond motifs is 7. The lowest BCUT2D eigenvalue weighted by molar-refractivity contribution is -0.388. The van der Waals surface area contributed by atoms with Crippen molar-refractivity contribution in [1.29, 1.82) is 0 Å². The van der Waals surface area contributed by atoms with Gasteiger partial charge in [0, 0.05) is 12.5 Å². The number of piperidine rings is 1. The second-order valence-corrected chi connectivity index (χ2v) is 21.2. The highest BCUT2D eigenvalue weighted by Gasteiger charge is 2.68. The molecule has 4 aliphatic carbocycles. The Hall–Kier alpha value is -0.900. The molecule has 3 saturated carbocycles. The zero-order chi connectivity index (χ0) is 43.5. The van der Waals surface area contributed by atoms with Crippen molar-refractivity contribution in [2.24, 2.45) is 46.3 Å². The first-order valence-corrected chi connectivity index (χ1v) is 23.3. The van der Waals surface area contributed by atoms with Gasteiger partial charge in [0.05, 0.1) is 31.0 Å². The van der Waals surface area contributed by atoms with E-state index in [0.29, 0.717) is 54.5 Å². The zero-order valence-electron chi connectivity index (χ0n) is 36.6. The Morgan fingerprint density at radius 2 is 1.36 bits per heavy atom. The van der Waals surface area contributed by atoms with Crippen molar-refractivity contribution in [3.63, 3.8) is 0 Å². The molecule has 5 heterocycles. The normalized spacial score (nSPS) is 58.4. The van der Waals surface area contributed by atoms with Crippen molar-refractivity contribution in [2.45, 2.75) is 209 Å². The maximum atomic E-state index is 12.0. The summed E-state index contributed by atoms with van der Waals surface area (Å²) in [7, 11) is 0. The van der Waals surface area contributed by atoms with Gasteiger partial charge in [-0.1, -0.05) is 39.3 Å². The fraction of sp³-hybridized carbons (Fsp3) is 0.956. The van der Waals surface area contributed by atoms with E-state index < -0.39 is 98.7 Å². The summed E-state index contributed by atoms with van der Waals surface area (Å²) < 4.78 is 43.7. The van der Waals surface area contributed by atoms with Crippen LogP contribution in [0, 0.1) is 46.3 Å². The van der Waals surface area contributed by atoms with Crippen LogP contribution in [-0.4, -0.2) is 164 Å². The highest BCUT2D eigenvalue weighted by molar-refractivity contribution is 5.26. The Bertz CT molecular complexity index is 1600. The summed E-state index contributed by atoms with van der Waals surface area (Å²) in [4.78, 5) is 0. The standard InChI is InChI=1S/C45H73NO15/c1-19-9-14-45(46-17-19)20(2)30-28(61-45)16-27-25-8-7-23-15-24(10-12-43(23,5)26(25)11-13-44(27,30)6)57-42-39(60-41-36(53)34(51)32(49)22(4)56-41)37(54)38(29(18-47)58-42)59-40-35(52)33(50)31(48)21(3)55-40/h7,19-22,24-42,46-54H,8-18H2,1-6H3/t19-,20+,21+,22-,24+,25-,26+,27+,28+,29+,30+,31+,32+,33-,34-,35-,36-,37+,38+,39-,40+,41+,42+,43+,44+,45-/m1/s1. The van der Waals surface area contributed by atoms with E-state index in [1.54, 1.807) is 0 Å². The van der Waals surface area contributed by atoms with E-state index in [-0.39, 0.29) is 22.7 Å². The van der Waals surface area contributed by atoms with Crippen LogP contribution in [-0.2, 0) is 33.2 Å². The topological polar surface area (TPSA) is 238 Å². The number of nitrogens with one attached hydrogen (secondary N) is 1. The average molecular weight is 868 g/mol. The lowest BCUT2D eigenvalue weighted by Crippen LogP contribution is -2.66. The van der Waals surface area contributed by atoms with Crippen LogP contribution in [0.25, 0.3) is 0 Å². The molecule has 0 amide bonds. The molecule has 9 N–H and O–H groups in total. The van der Waals surface area contributed by atoms with E-state index in [4.69, 9.17) is 33.2 Å². The Morgan fingerprint density at radius 3 is 1.98 bits per heavy atom. The number of ether oxygens (including phenoxy) is 7. The van der Waals surface area contributed by atoms with E-state index in [0.717, 1.165) is 32.2 Å². The molecule has 0 radical (unpaired) electrons. The van der Waals surface area contributed by atoms with Gasteiger partial charge in [-0.05, 0) is 112 Å². The van der Waals surface area contributed by atoms with Crippen molar-refractivity contribution in [1.82, 2.24) is 5.32 Å². The van der Waals surface area contributed by atoms with Crippen LogP contribution in [0.5, 0.6) is 0 Å². The number of aliphatic hydroxyl groups is 8. The molecule has 8 fully saturated rings. The SMILES string of the molecule is C[C@@H]1CC[C@@]2(NC1)O[C@H]1C[C@H]3[C@@H]4CC=C5C[C@@H](O[C@H]6O[C@@H](CO)[C@H](O[C@@H]7O[C@@H](C)[C@H](O)[C@@H](O)[C@H]7O)[C@H](O)[C@H]6O[C@@H]6O[C@H](C)[C@H](O)[C@@H](O)[C@H]6O)CC[C@]5(C)[C@H]4CC[C@]3(C)[C@H]1[C@@H]2C. The van der Waals surface area contributed by atoms with Crippen molar-refractivity contribution in [2.75, 3.05) is 13.2 Å². The van der Waals surface area contributed by atoms with Crippen LogP contribution in [0.1, 0.15) is 99.3 Å². The Morgan fingerprint density at radius 1 is 0.705 bits per heavy atom. The number of hydrogen-bond donors (Lipinski definition) is 9. The van der Waals surface area contributed by atoms with Gasteiger partial charge in [0.2, 0.25) is 0 Å². The van der Waals surface area contributed by atoms with Crippen LogP contribution in [0.3, 0.4) is 0 Å². The second kappa shape index (κ2) is 16.8. The average Bonchev–Trinajstić information content (AvgIpc) is 3.69. The van der Waals surface area contributed by atoms with Gasteiger partial charge in [-0.2, -0.15) is 0 Å². The number of allylic oxidation sites excluding steroid dienone is 1. The quantitative estimate of drug-likeness (QED) is 0.161. The molecule has 61 heavy (non-hydrogen) atoms. The molecular weight excluding hydrogens is 794 g/mol. The Labute approximate surface area is 359 Å². The molecular formula is C45H73NO15. The predicted octanol–water partition coefficient (Wildman–Crippen LogP) is 0.815. The summed E-state index contributed by atoms with van der Waals surface area (Å²) in [5.41, 5.74) is 1.41. The molecule has 0 aromatic heterocycles. The summed E-state index contributed by atoms with van der Waals surface area (Å²) >= 11 is 0. The highest BCUT2D eigenvalue weighted by Crippen LogP contribution is 2.70. The van der Waals surface area contributed by atoms with Crippen molar-refractivity contribution in [3.05, 3.63) is 11.6 Å². The summed E-state index contributed by atoms with van der Waals surface area (Å²) in [6.45, 7) is 13.2. The first-order valence-electron chi connectivity index (χ1n) is 23.3. The van der Waals surface area contributed by atoms with Gasteiger partial charge in [-0.15, -0.1) is 0 Å². The van der Waals surface area contributed by atoms with Gasteiger partial charge in [0.15, 0.2) is 18.9 Å². The van der Waals surface area contributed by atoms with Gasteiger partial charge in [-0.3, -0.25) is 5.32 Å². The lowest BCUT2D eigenvalue weighted by Gasteiger charge is -2.59.